The van der Waals surface area contributed by atoms with Gasteiger partial charge < -0.3 is 15.0 Å². The van der Waals surface area contributed by atoms with E-state index in [-0.39, 0.29) is 12.1 Å². The van der Waals surface area contributed by atoms with E-state index in [0.29, 0.717) is 19.6 Å². The minimum absolute atomic E-state index is 0.109. The maximum absolute atomic E-state index is 11.9. The van der Waals surface area contributed by atoms with Crippen molar-refractivity contribution in [1.82, 2.24) is 10.2 Å². The minimum atomic E-state index is -0.462. The molecule has 1 amide bonds. The van der Waals surface area contributed by atoms with Crippen molar-refractivity contribution >= 4 is 6.09 Å². The first-order chi connectivity index (χ1) is 7.78. The molecular formula is C13H24N2O2. The number of amides is 1. The van der Waals surface area contributed by atoms with Gasteiger partial charge in [0.1, 0.15) is 5.60 Å². The summed E-state index contributed by atoms with van der Waals surface area (Å²) in [7, 11) is 0. The highest BCUT2D eigenvalue weighted by Crippen LogP contribution is 2.11. The van der Waals surface area contributed by atoms with Gasteiger partial charge in [-0.2, -0.15) is 0 Å². The molecule has 0 saturated heterocycles. The van der Waals surface area contributed by atoms with Crippen LogP contribution in [0, 0.1) is 12.3 Å². The van der Waals surface area contributed by atoms with Crippen molar-refractivity contribution in [3.05, 3.63) is 0 Å². The van der Waals surface area contributed by atoms with E-state index >= 15 is 0 Å². The zero-order valence-corrected chi connectivity index (χ0v) is 11.5. The van der Waals surface area contributed by atoms with Crippen molar-refractivity contribution in [3.8, 4) is 12.3 Å². The van der Waals surface area contributed by atoms with Gasteiger partial charge in [0, 0.05) is 19.1 Å². The Bertz CT molecular complexity index is 274. The Labute approximate surface area is 105 Å². The minimum Gasteiger partial charge on any atom is -0.444 e. The lowest BCUT2D eigenvalue weighted by Crippen LogP contribution is -2.44. The van der Waals surface area contributed by atoms with E-state index in [4.69, 9.17) is 11.2 Å². The zero-order chi connectivity index (χ0) is 13.5. The molecule has 0 aliphatic rings. The second-order valence-corrected chi connectivity index (χ2v) is 5.15. The van der Waals surface area contributed by atoms with Crippen LogP contribution in [-0.2, 0) is 4.74 Å². The molecule has 98 valence electrons. The van der Waals surface area contributed by atoms with Gasteiger partial charge >= 0.3 is 6.09 Å². The molecule has 0 saturated carbocycles. The maximum atomic E-state index is 11.9. The number of nitrogens with one attached hydrogen (secondary N) is 1. The summed E-state index contributed by atoms with van der Waals surface area (Å²) < 4.78 is 5.34. The summed E-state index contributed by atoms with van der Waals surface area (Å²) in [4.78, 5) is 13.6. The highest BCUT2D eigenvalue weighted by Gasteiger charge is 2.23. The number of rotatable bonds is 5. The predicted octanol–water partition coefficient (Wildman–Crippen LogP) is 1.85. The maximum Gasteiger partial charge on any atom is 0.410 e. The highest BCUT2D eigenvalue weighted by molar-refractivity contribution is 5.68. The summed E-state index contributed by atoms with van der Waals surface area (Å²) in [6, 6.07) is 0.109. The molecule has 0 atom stereocenters. The number of hydrogen-bond acceptors (Lipinski definition) is 3. The van der Waals surface area contributed by atoms with Crippen LogP contribution in [0.1, 0.15) is 34.6 Å². The van der Waals surface area contributed by atoms with Gasteiger partial charge in [0.15, 0.2) is 0 Å². The van der Waals surface area contributed by atoms with E-state index in [1.165, 1.54) is 0 Å². The Kier molecular flexibility index (Phi) is 6.67. The fourth-order valence-corrected chi connectivity index (χ4v) is 1.24. The summed E-state index contributed by atoms with van der Waals surface area (Å²) in [6.07, 6.45) is 4.85. The monoisotopic (exact) mass is 240 g/mol. The molecule has 0 aromatic carbocycles. The predicted molar refractivity (Wildman–Crippen MR) is 69.8 cm³/mol. The lowest BCUT2D eigenvalue weighted by molar-refractivity contribution is 0.0194. The molecule has 0 aliphatic carbocycles. The largest absolute Gasteiger partial charge is 0.444 e. The van der Waals surface area contributed by atoms with Gasteiger partial charge in [0.2, 0.25) is 0 Å². The van der Waals surface area contributed by atoms with Crippen molar-refractivity contribution in [3.63, 3.8) is 0 Å². The third kappa shape index (κ3) is 7.64. The smallest absolute Gasteiger partial charge is 0.410 e. The number of carbonyl (C=O) groups excluding carboxylic acids is 1. The second kappa shape index (κ2) is 7.18. The Morgan fingerprint density at radius 1 is 1.47 bits per heavy atom. The van der Waals surface area contributed by atoms with Crippen LogP contribution >= 0.6 is 0 Å². The molecule has 0 aromatic heterocycles. The van der Waals surface area contributed by atoms with Gasteiger partial charge in [-0.05, 0) is 34.6 Å². The number of ether oxygens (including phenoxy) is 1. The standard InChI is InChI=1S/C13H24N2O2/c1-7-8-14-9-10-15(11(2)3)12(16)17-13(4,5)6/h1,11,14H,8-10H2,2-6H3. The molecular weight excluding hydrogens is 216 g/mol. The lowest BCUT2D eigenvalue weighted by atomic mass is 10.2. The Morgan fingerprint density at radius 2 is 2.06 bits per heavy atom. The van der Waals surface area contributed by atoms with E-state index in [1.807, 2.05) is 34.6 Å². The first-order valence-corrected chi connectivity index (χ1v) is 5.91. The molecule has 0 heterocycles. The van der Waals surface area contributed by atoms with E-state index < -0.39 is 5.60 Å². The molecule has 1 N–H and O–H groups in total. The highest BCUT2D eigenvalue weighted by atomic mass is 16.6. The Morgan fingerprint density at radius 3 is 2.47 bits per heavy atom. The summed E-state index contributed by atoms with van der Waals surface area (Å²) in [6.45, 7) is 11.3. The van der Waals surface area contributed by atoms with E-state index in [2.05, 4.69) is 11.2 Å². The third-order valence-electron chi connectivity index (χ3n) is 2.01. The van der Waals surface area contributed by atoms with Crippen LogP contribution in [0.2, 0.25) is 0 Å². The first-order valence-electron chi connectivity index (χ1n) is 5.91. The van der Waals surface area contributed by atoms with Crippen molar-refractivity contribution in [2.75, 3.05) is 19.6 Å². The molecule has 4 heteroatoms. The summed E-state index contributed by atoms with van der Waals surface area (Å²) in [5.74, 6) is 2.49. The van der Waals surface area contributed by atoms with Gasteiger partial charge in [0.05, 0.1) is 6.54 Å². The third-order valence-corrected chi connectivity index (χ3v) is 2.01. The van der Waals surface area contributed by atoms with Crippen molar-refractivity contribution in [2.45, 2.75) is 46.3 Å². The van der Waals surface area contributed by atoms with Crippen LogP contribution in [0.15, 0.2) is 0 Å². The SMILES string of the molecule is C#CCNCCN(C(=O)OC(C)(C)C)C(C)C. The van der Waals surface area contributed by atoms with E-state index in [9.17, 15) is 4.79 Å². The summed E-state index contributed by atoms with van der Waals surface area (Å²) in [5, 5.41) is 3.05. The summed E-state index contributed by atoms with van der Waals surface area (Å²) >= 11 is 0. The normalized spacial score (nSPS) is 11.1. The molecule has 4 nitrogen and oxygen atoms in total. The molecule has 0 unspecified atom stereocenters. The van der Waals surface area contributed by atoms with Crippen LogP contribution in [0.25, 0.3) is 0 Å². The van der Waals surface area contributed by atoms with Crippen LogP contribution in [0.5, 0.6) is 0 Å². The average Bonchev–Trinajstić information content (AvgIpc) is 2.14. The first kappa shape index (κ1) is 15.8. The van der Waals surface area contributed by atoms with E-state index in [1.54, 1.807) is 4.90 Å². The molecule has 0 aliphatic heterocycles. The van der Waals surface area contributed by atoms with Gasteiger partial charge in [0.25, 0.3) is 0 Å². The second-order valence-electron chi connectivity index (χ2n) is 5.15. The van der Waals surface area contributed by atoms with Gasteiger partial charge in [-0.15, -0.1) is 6.42 Å². The molecule has 17 heavy (non-hydrogen) atoms. The lowest BCUT2D eigenvalue weighted by Gasteiger charge is -2.30. The topological polar surface area (TPSA) is 41.6 Å². The number of carbonyl (C=O) groups is 1. The van der Waals surface area contributed by atoms with E-state index in [0.717, 1.165) is 0 Å². The average molecular weight is 240 g/mol. The fraction of sp³-hybridized carbons (Fsp3) is 0.769. The molecule has 0 aromatic rings. The molecule has 0 spiro atoms. The molecule has 0 fully saturated rings. The Balaban J connectivity index is 4.24. The zero-order valence-electron chi connectivity index (χ0n) is 11.5. The molecule has 0 rings (SSSR count). The van der Waals surface area contributed by atoms with Crippen molar-refractivity contribution in [2.24, 2.45) is 0 Å². The number of terminal acetylenes is 1. The summed E-state index contributed by atoms with van der Waals surface area (Å²) in [5.41, 5.74) is -0.462. The fourth-order valence-electron chi connectivity index (χ4n) is 1.24. The molecule has 0 bridgehead atoms. The van der Waals surface area contributed by atoms with Crippen LogP contribution in [0.3, 0.4) is 0 Å². The van der Waals surface area contributed by atoms with Crippen LogP contribution in [-0.4, -0.2) is 42.3 Å². The van der Waals surface area contributed by atoms with Crippen LogP contribution < -0.4 is 5.32 Å². The van der Waals surface area contributed by atoms with Crippen LogP contribution in [0.4, 0.5) is 4.79 Å². The molecule has 0 radical (unpaired) electrons. The van der Waals surface area contributed by atoms with Gasteiger partial charge in [-0.1, -0.05) is 5.92 Å². The number of hydrogen-bond donors (Lipinski definition) is 1. The van der Waals surface area contributed by atoms with Crippen molar-refractivity contribution in [1.29, 1.82) is 0 Å². The quantitative estimate of drug-likeness (QED) is 0.589. The Hall–Kier alpha value is -1.21. The van der Waals surface area contributed by atoms with Crippen molar-refractivity contribution < 1.29 is 9.53 Å². The van der Waals surface area contributed by atoms with Gasteiger partial charge in [-0.3, -0.25) is 0 Å². The number of nitrogens with zero attached hydrogens (tertiary/aromatic N) is 1. The van der Waals surface area contributed by atoms with Gasteiger partial charge in [-0.25, -0.2) is 4.79 Å².